The van der Waals surface area contributed by atoms with E-state index in [1.54, 1.807) is 0 Å². The zero-order valence-corrected chi connectivity index (χ0v) is 14.4. The lowest BCUT2D eigenvalue weighted by molar-refractivity contribution is -0.117. The number of carbonyl (C=O) groups excluding carboxylic acids is 2. The Morgan fingerprint density at radius 1 is 1.25 bits per heavy atom. The molecule has 1 aromatic heterocycles. The fraction of sp³-hybridized carbons (Fsp3) is 0.474. The van der Waals surface area contributed by atoms with E-state index in [-0.39, 0.29) is 6.04 Å². The Kier molecular flexibility index (Phi) is 5.00. The molecule has 1 fully saturated rings. The molecule has 3 rings (SSSR count). The van der Waals surface area contributed by atoms with Gasteiger partial charge in [0.25, 0.3) is 11.7 Å². The Morgan fingerprint density at radius 3 is 2.71 bits per heavy atom. The first-order chi connectivity index (χ1) is 11.6. The number of nitrogens with zero attached hydrogens (tertiary/aromatic N) is 1. The number of aryl methyl sites for hydroxylation is 1. The van der Waals surface area contributed by atoms with Gasteiger partial charge in [0.15, 0.2) is 0 Å². The maximum Gasteiger partial charge on any atom is 0.292 e. The molecule has 5 heteroatoms. The summed E-state index contributed by atoms with van der Waals surface area (Å²) in [5.74, 6) is -0.977. The number of H-pyrrole nitrogens is 1. The van der Waals surface area contributed by atoms with E-state index >= 15 is 0 Å². The van der Waals surface area contributed by atoms with Gasteiger partial charge in [-0.2, -0.15) is 0 Å². The van der Waals surface area contributed by atoms with Crippen molar-refractivity contribution in [2.45, 2.75) is 39.2 Å². The third-order valence-electron chi connectivity index (χ3n) is 4.78. The molecule has 1 aromatic carbocycles. The Bertz CT molecular complexity index is 744. The highest BCUT2D eigenvalue weighted by Gasteiger charge is 2.24. The highest BCUT2D eigenvalue weighted by Crippen LogP contribution is 2.22. The molecule has 1 aliphatic heterocycles. The quantitative estimate of drug-likeness (QED) is 0.633. The summed E-state index contributed by atoms with van der Waals surface area (Å²) in [4.78, 5) is 30.5. The van der Waals surface area contributed by atoms with E-state index in [4.69, 9.17) is 0 Å². The van der Waals surface area contributed by atoms with Crippen LogP contribution in [-0.2, 0) is 4.79 Å². The summed E-state index contributed by atoms with van der Waals surface area (Å²) in [7, 11) is 0. The van der Waals surface area contributed by atoms with E-state index in [0.29, 0.717) is 5.56 Å². The minimum absolute atomic E-state index is 0.00689. The molecule has 1 amide bonds. The van der Waals surface area contributed by atoms with Crippen molar-refractivity contribution in [3.8, 4) is 0 Å². The second-order valence-corrected chi connectivity index (χ2v) is 6.71. The van der Waals surface area contributed by atoms with E-state index in [2.05, 4.69) is 15.2 Å². The van der Waals surface area contributed by atoms with Crippen LogP contribution < -0.4 is 5.32 Å². The maximum atomic E-state index is 12.6. The molecule has 0 unspecified atom stereocenters. The van der Waals surface area contributed by atoms with Gasteiger partial charge < -0.3 is 15.2 Å². The van der Waals surface area contributed by atoms with Crippen LogP contribution in [0.15, 0.2) is 24.3 Å². The standard InChI is InChI=1S/C19H25N3O2/c1-13(9-12-22-10-5-6-11-22)20-19(24)18(23)17-14(2)21-16-8-4-3-7-15(16)17/h3-4,7-8,13,21H,5-6,9-12H2,1-2H3,(H,20,24)/t13-/m0/s1. The van der Waals surface area contributed by atoms with Crippen LogP contribution in [0.1, 0.15) is 42.2 Å². The van der Waals surface area contributed by atoms with Crippen LogP contribution in [0.3, 0.4) is 0 Å². The molecule has 2 heterocycles. The molecule has 1 saturated heterocycles. The van der Waals surface area contributed by atoms with Crippen LogP contribution in [0.25, 0.3) is 10.9 Å². The highest BCUT2D eigenvalue weighted by atomic mass is 16.2. The van der Waals surface area contributed by atoms with Crippen molar-refractivity contribution >= 4 is 22.6 Å². The van der Waals surface area contributed by atoms with Crippen LogP contribution in [0.2, 0.25) is 0 Å². The van der Waals surface area contributed by atoms with E-state index in [1.807, 2.05) is 38.1 Å². The zero-order valence-electron chi connectivity index (χ0n) is 14.4. The molecule has 1 aliphatic rings. The summed E-state index contributed by atoms with van der Waals surface area (Å²) < 4.78 is 0. The third-order valence-corrected chi connectivity index (χ3v) is 4.78. The number of hydrogen-bond acceptors (Lipinski definition) is 3. The first kappa shape index (κ1) is 16.7. The van der Waals surface area contributed by atoms with E-state index in [9.17, 15) is 9.59 Å². The van der Waals surface area contributed by atoms with Crippen molar-refractivity contribution in [2.75, 3.05) is 19.6 Å². The number of aromatic nitrogens is 1. The van der Waals surface area contributed by atoms with Gasteiger partial charge in [-0.3, -0.25) is 9.59 Å². The van der Waals surface area contributed by atoms with Crippen LogP contribution in [0.4, 0.5) is 0 Å². The summed E-state index contributed by atoms with van der Waals surface area (Å²) in [5, 5.41) is 3.66. The molecule has 5 nitrogen and oxygen atoms in total. The topological polar surface area (TPSA) is 65.2 Å². The van der Waals surface area contributed by atoms with Crippen LogP contribution in [-0.4, -0.2) is 47.3 Å². The average molecular weight is 327 g/mol. The number of benzene rings is 1. The Labute approximate surface area is 142 Å². The van der Waals surface area contributed by atoms with Gasteiger partial charge in [0.2, 0.25) is 0 Å². The molecule has 2 N–H and O–H groups in total. The molecule has 0 radical (unpaired) electrons. The van der Waals surface area contributed by atoms with Crippen molar-refractivity contribution in [2.24, 2.45) is 0 Å². The summed E-state index contributed by atoms with van der Waals surface area (Å²) in [5.41, 5.74) is 2.10. The van der Waals surface area contributed by atoms with Gasteiger partial charge in [0.1, 0.15) is 0 Å². The molecule has 0 spiro atoms. The number of likely N-dealkylation sites (tertiary alicyclic amines) is 1. The average Bonchev–Trinajstić information content (AvgIpc) is 3.18. The predicted octanol–water partition coefficient (Wildman–Crippen LogP) is 2.65. The van der Waals surface area contributed by atoms with E-state index < -0.39 is 11.7 Å². The largest absolute Gasteiger partial charge is 0.358 e. The number of carbonyl (C=O) groups is 2. The number of rotatable bonds is 6. The van der Waals surface area contributed by atoms with Gasteiger partial charge in [0.05, 0.1) is 5.56 Å². The fourth-order valence-electron chi connectivity index (χ4n) is 3.43. The number of para-hydroxylation sites is 1. The van der Waals surface area contributed by atoms with Crippen LogP contribution >= 0.6 is 0 Å². The number of Topliss-reactive ketones (excluding diaryl/α,β-unsaturated/α-hetero) is 1. The van der Waals surface area contributed by atoms with Gasteiger partial charge in [-0.15, -0.1) is 0 Å². The summed E-state index contributed by atoms with van der Waals surface area (Å²) >= 11 is 0. The first-order valence-electron chi connectivity index (χ1n) is 8.71. The van der Waals surface area contributed by atoms with Crippen LogP contribution in [0, 0.1) is 6.92 Å². The lowest BCUT2D eigenvalue weighted by Crippen LogP contribution is -2.39. The zero-order chi connectivity index (χ0) is 17.1. The minimum Gasteiger partial charge on any atom is -0.358 e. The molecule has 0 bridgehead atoms. The summed E-state index contributed by atoms with van der Waals surface area (Å²) in [6, 6.07) is 7.56. The smallest absolute Gasteiger partial charge is 0.292 e. The summed E-state index contributed by atoms with van der Waals surface area (Å²) in [6.07, 6.45) is 3.39. The number of amides is 1. The van der Waals surface area contributed by atoms with Gasteiger partial charge in [-0.1, -0.05) is 18.2 Å². The summed E-state index contributed by atoms with van der Waals surface area (Å²) in [6.45, 7) is 7.06. The second kappa shape index (κ2) is 7.18. The molecule has 0 saturated carbocycles. The predicted molar refractivity (Wildman–Crippen MR) is 95.3 cm³/mol. The number of fused-ring (bicyclic) bond motifs is 1. The van der Waals surface area contributed by atoms with Gasteiger partial charge in [-0.05, 0) is 52.3 Å². The molecule has 0 aliphatic carbocycles. The Balaban J connectivity index is 1.63. The molecular weight excluding hydrogens is 302 g/mol. The molecule has 24 heavy (non-hydrogen) atoms. The van der Waals surface area contributed by atoms with Crippen molar-refractivity contribution in [3.63, 3.8) is 0 Å². The minimum atomic E-state index is -0.517. The highest BCUT2D eigenvalue weighted by molar-refractivity contribution is 6.45. The van der Waals surface area contributed by atoms with Crippen molar-refractivity contribution in [3.05, 3.63) is 35.5 Å². The lowest BCUT2D eigenvalue weighted by atomic mass is 10.1. The molecule has 1 atom stereocenters. The normalized spacial score (nSPS) is 16.4. The third kappa shape index (κ3) is 3.51. The monoisotopic (exact) mass is 327 g/mol. The van der Waals surface area contributed by atoms with E-state index in [0.717, 1.165) is 42.7 Å². The number of hydrogen-bond donors (Lipinski definition) is 2. The Hall–Kier alpha value is -2.14. The van der Waals surface area contributed by atoms with Gasteiger partial charge in [0, 0.05) is 29.2 Å². The molecular formula is C19H25N3O2. The van der Waals surface area contributed by atoms with Crippen molar-refractivity contribution < 1.29 is 9.59 Å². The second-order valence-electron chi connectivity index (χ2n) is 6.71. The van der Waals surface area contributed by atoms with E-state index in [1.165, 1.54) is 12.8 Å². The van der Waals surface area contributed by atoms with Gasteiger partial charge >= 0.3 is 0 Å². The van der Waals surface area contributed by atoms with Gasteiger partial charge in [-0.25, -0.2) is 0 Å². The van der Waals surface area contributed by atoms with Crippen LogP contribution in [0.5, 0.6) is 0 Å². The SMILES string of the molecule is Cc1[nH]c2ccccc2c1C(=O)C(=O)N[C@@H](C)CCN1CCCC1. The lowest BCUT2D eigenvalue weighted by Gasteiger charge is -2.18. The maximum absolute atomic E-state index is 12.6. The number of ketones is 1. The Morgan fingerprint density at radius 2 is 1.96 bits per heavy atom. The molecule has 2 aromatic rings. The van der Waals surface area contributed by atoms with Crippen molar-refractivity contribution in [1.29, 1.82) is 0 Å². The number of aromatic amines is 1. The fourth-order valence-corrected chi connectivity index (χ4v) is 3.43. The number of nitrogens with one attached hydrogen (secondary N) is 2. The molecule has 128 valence electrons. The first-order valence-corrected chi connectivity index (χ1v) is 8.71. The van der Waals surface area contributed by atoms with Crippen molar-refractivity contribution in [1.82, 2.24) is 15.2 Å².